The molecule has 0 saturated heterocycles. The van der Waals surface area contributed by atoms with Crippen LogP contribution >= 0.6 is 0 Å². The van der Waals surface area contributed by atoms with Crippen LogP contribution in [0, 0.1) is 18.6 Å². The van der Waals surface area contributed by atoms with E-state index < -0.39 is 30.1 Å². The molecule has 0 bridgehead atoms. The second kappa shape index (κ2) is 6.80. The number of carbonyl (C=O) groups excluding carboxylic acids is 2. The molecule has 114 valence electrons. The lowest BCUT2D eigenvalue weighted by atomic mass is 10.2. The van der Waals surface area contributed by atoms with E-state index in [1.54, 1.807) is 6.92 Å². The van der Waals surface area contributed by atoms with Gasteiger partial charge in [-0.25, -0.2) is 13.6 Å². The minimum atomic E-state index is -0.744. The summed E-state index contributed by atoms with van der Waals surface area (Å²) < 4.78 is 30.6. The van der Waals surface area contributed by atoms with Crippen molar-refractivity contribution < 1.29 is 23.1 Å². The molecule has 1 amide bonds. The monoisotopic (exact) mass is 305 g/mol. The molecule has 0 atom stereocenters. The number of benzene rings is 2. The Bertz CT molecular complexity index is 699. The van der Waals surface area contributed by atoms with Crippen molar-refractivity contribution in [3.8, 4) is 0 Å². The molecule has 2 rings (SSSR count). The van der Waals surface area contributed by atoms with Crippen molar-refractivity contribution in [1.29, 1.82) is 0 Å². The first-order valence-corrected chi connectivity index (χ1v) is 6.44. The van der Waals surface area contributed by atoms with Gasteiger partial charge in [0.25, 0.3) is 5.91 Å². The average Bonchev–Trinajstić information content (AvgIpc) is 2.49. The minimum absolute atomic E-state index is 0.135. The molecule has 1 N–H and O–H groups in total. The normalized spacial score (nSPS) is 10.1. The molecule has 6 heteroatoms. The highest BCUT2D eigenvalue weighted by atomic mass is 19.1. The van der Waals surface area contributed by atoms with Gasteiger partial charge in [0.05, 0.1) is 5.56 Å². The molecular weight excluding hydrogens is 292 g/mol. The van der Waals surface area contributed by atoms with Crippen molar-refractivity contribution in [1.82, 2.24) is 0 Å². The van der Waals surface area contributed by atoms with Gasteiger partial charge >= 0.3 is 5.97 Å². The molecule has 0 aliphatic heterocycles. The summed E-state index contributed by atoms with van der Waals surface area (Å²) in [5.41, 5.74) is 1.12. The van der Waals surface area contributed by atoms with Crippen LogP contribution in [0.3, 0.4) is 0 Å². The fourth-order valence-electron chi connectivity index (χ4n) is 1.72. The Kier molecular flexibility index (Phi) is 4.83. The summed E-state index contributed by atoms with van der Waals surface area (Å²) in [6, 6.07) is 8.72. The summed E-state index contributed by atoms with van der Waals surface area (Å²) >= 11 is 0. The second-order valence-corrected chi connectivity index (χ2v) is 4.59. The lowest BCUT2D eigenvalue weighted by Crippen LogP contribution is -2.21. The SMILES string of the molecule is Cc1ccc(F)cc1NC(=O)COC(=O)c1ccc(F)cc1. The Morgan fingerprint density at radius 3 is 2.36 bits per heavy atom. The summed E-state index contributed by atoms with van der Waals surface area (Å²) in [5.74, 6) is -2.30. The molecule has 4 nitrogen and oxygen atoms in total. The fourth-order valence-corrected chi connectivity index (χ4v) is 1.72. The first kappa shape index (κ1) is 15.6. The highest BCUT2D eigenvalue weighted by molar-refractivity contribution is 5.95. The van der Waals surface area contributed by atoms with Crippen molar-refractivity contribution in [2.24, 2.45) is 0 Å². The Hall–Kier alpha value is -2.76. The van der Waals surface area contributed by atoms with Crippen LogP contribution in [0.1, 0.15) is 15.9 Å². The Morgan fingerprint density at radius 2 is 1.68 bits per heavy atom. The van der Waals surface area contributed by atoms with E-state index >= 15 is 0 Å². The number of anilines is 1. The number of hydrogen-bond acceptors (Lipinski definition) is 3. The summed E-state index contributed by atoms with van der Waals surface area (Å²) in [7, 11) is 0. The average molecular weight is 305 g/mol. The zero-order valence-electron chi connectivity index (χ0n) is 11.7. The van der Waals surface area contributed by atoms with E-state index in [1.807, 2.05) is 0 Å². The van der Waals surface area contributed by atoms with E-state index in [1.165, 1.54) is 30.3 Å². The van der Waals surface area contributed by atoms with Gasteiger partial charge in [0.15, 0.2) is 6.61 Å². The molecule has 0 saturated carbocycles. The smallest absolute Gasteiger partial charge is 0.338 e. The molecule has 0 spiro atoms. The van der Waals surface area contributed by atoms with E-state index in [0.29, 0.717) is 11.3 Å². The largest absolute Gasteiger partial charge is 0.452 e. The highest BCUT2D eigenvalue weighted by Crippen LogP contribution is 2.15. The van der Waals surface area contributed by atoms with Crippen molar-refractivity contribution >= 4 is 17.6 Å². The maximum Gasteiger partial charge on any atom is 0.338 e. The number of hydrogen-bond donors (Lipinski definition) is 1. The topological polar surface area (TPSA) is 55.4 Å². The van der Waals surface area contributed by atoms with Crippen LogP contribution in [0.5, 0.6) is 0 Å². The highest BCUT2D eigenvalue weighted by Gasteiger charge is 2.11. The number of ether oxygens (including phenoxy) is 1. The molecule has 22 heavy (non-hydrogen) atoms. The lowest BCUT2D eigenvalue weighted by Gasteiger charge is -2.09. The second-order valence-electron chi connectivity index (χ2n) is 4.59. The molecule has 2 aromatic rings. The summed E-state index contributed by atoms with van der Waals surface area (Å²) in [6.45, 7) is 1.19. The number of halogens is 2. The zero-order valence-corrected chi connectivity index (χ0v) is 11.7. The quantitative estimate of drug-likeness (QED) is 0.883. The van der Waals surface area contributed by atoms with Crippen LogP contribution in [-0.4, -0.2) is 18.5 Å². The van der Waals surface area contributed by atoms with Crippen LogP contribution in [0.2, 0.25) is 0 Å². The van der Waals surface area contributed by atoms with Crippen LogP contribution in [-0.2, 0) is 9.53 Å². The number of carbonyl (C=O) groups is 2. The van der Waals surface area contributed by atoms with E-state index in [2.05, 4.69) is 5.32 Å². The van der Waals surface area contributed by atoms with Gasteiger partial charge in [-0.05, 0) is 48.9 Å². The predicted molar refractivity (Wildman–Crippen MR) is 76.4 cm³/mol. The first-order valence-electron chi connectivity index (χ1n) is 6.44. The molecule has 2 aromatic carbocycles. The first-order chi connectivity index (χ1) is 10.5. The molecule has 0 aliphatic rings. The third-order valence-corrected chi connectivity index (χ3v) is 2.89. The van der Waals surface area contributed by atoms with Crippen molar-refractivity contribution in [2.45, 2.75) is 6.92 Å². The number of esters is 1. The predicted octanol–water partition coefficient (Wildman–Crippen LogP) is 3.07. The molecule has 0 heterocycles. The van der Waals surface area contributed by atoms with E-state index in [-0.39, 0.29) is 5.56 Å². The van der Waals surface area contributed by atoms with Crippen LogP contribution in [0.25, 0.3) is 0 Å². The number of amides is 1. The van der Waals surface area contributed by atoms with E-state index in [0.717, 1.165) is 12.1 Å². The maximum absolute atomic E-state index is 13.1. The molecular formula is C16H13F2NO3. The van der Waals surface area contributed by atoms with Gasteiger partial charge in [0.1, 0.15) is 11.6 Å². The molecule has 0 unspecified atom stereocenters. The van der Waals surface area contributed by atoms with Crippen molar-refractivity contribution in [3.63, 3.8) is 0 Å². The summed E-state index contributed by atoms with van der Waals surface area (Å²) in [4.78, 5) is 23.3. The van der Waals surface area contributed by atoms with Crippen LogP contribution in [0.4, 0.5) is 14.5 Å². The Labute approximate surface area is 125 Å². The van der Waals surface area contributed by atoms with E-state index in [9.17, 15) is 18.4 Å². The van der Waals surface area contributed by atoms with Gasteiger partial charge in [0, 0.05) is 5.69 Å². The van der Waals surface area contributed by atoms with Crippen molar-refractivity contribution in [3.05, 3.63) is 65.2 Å². The van der Waals surface area contributed by atoms with Gasteiger partial charge < -0.3 is 10.1 Å². The molecule has 0 aliphatic carbocycles. The molecule has 0 fully saturated rings. The van der Waals surface area contributed by atoms with Crippen LogP contribution < -0.4 is 5.32 Å². The number of nitrogens with one attached hydrogen (secondary N) is 1. The summed E-state index contributed by atoms with van der Waals surface area (Å²) in [6.07, 6.45) is 0. The molecule has 0 radical (unpaired) electrons. The van der Waals surface area contributed by atoms with Gasteiger partial charge in [-0.2, -0.15) is 0 Å². The van der Waals surface area contributed by atoms with Crippen molar-refractivity contribution in [2.75, 3.05) is 11.9 Å². The van der Waals surface area contributed by atoms with Gasteiger partial charge in [-0.3, -0.25) is 4.79 Å². The van der Waals surface area contributed by atoms with Crippen LogP contribution in [0.15, 0.2) is 42.5 Å². The zero-order chi connectivity index (χ0) is 16.1. The maximum atomic E-state index is 13.1. The van der Waals surface area contributed by atoms with Gasteiger partial charge in [0.2, 0.25) is 0 Å². The Balaban J connectivity index is 1.91. The Morgan fingerprint density at radius 1 is 1.05 bits per heavy atom. The standard InChI is InChI=1S/C16H13F2NO3/c1-10-2-5-13(18)8-14(10)19-15(20)9-22-16(21)11-3-6-12(17)7-4-11/h2-8H,9H2,1H3,(H,19,20). The third-order valence-electron chi connectivity index (χ3n) is 2.89. The fraction of sp³-hybridized carbons (Fsp3) is 0.125. The summed E-state index contributed by atoms with van der Waals surface area (Å²) in [5, 5.41) is 2.45. The van der Waals surface area contributed by atoms with Gasteiger partial charge in [-0.15, -0.1) is 0 Å². The van der Waals surface area contributed by atoms with E-state index in [4.69, 9.17) is 4.74 Å². The number of aryl methyl sites for hydroxylation is 1. The third kappa shape index (κ3) is 4.12. The van der Waals surface area contributed by atoms with Gasteiger partial charge in [-0.1, -0.05) is 6.07 Å². The lowest BCUT2D eigenvalue weighted by molar-refractivity contribution is -0.119. The molecule has 0 aromatic heterocycles. The number of rotatable bonds is 4. The minimum Gasteiger partial charge on any atom is -0.452 e.